The second-order valence-electron chi connectivity index (χ2n) is 4.00. The second-order valence-corrected chi connectivity index (χ2v) is 5.49. The molecule has 0 saturated carbocycles. The molecular weight excluding hydrogens is 282 g/mol. The molecule has 19 heavy (non-hydrogen) atoms. The zero-order valence-electron chi connectivity index (χ0n) is 9.63. The van der Waals surface area contributed by atoms with Crippen LogP contribution >= 0.6 is 22.9 Å². The second kappa shape index (κ2) is 4.64. The number of carboxylic acid groups (broad SMARTS) is 1. The van der Waals surface area contributed by atoms with Crippen LogP contribution in [0.25, 0.3) is 20.7 Å². The highest BCUT2D eigenvalue weighted by Crippen LogP contribution is 2.36. The molecule has 0 aliphatic heterocycles. The molecular formula is C14H8ClNO2S. The van der Waals surface area contributed by atoms with Crippen LogP contribution in [0.5, 0.6) is 0 Å². The highest BCUT2D eigenvalue weighted by Gasteiger charge is 2.10. The molecule has 3 rings (SSSR count). The van der Waals surface area contributed by atoms with Crippen LogP contribution in [0.15, 0.2) is 42.6 Å². The van der Waals surface area contributed by atoms with Gasteiger partial charge in [-0.05, 0) is 30.3 Å². The van der Waals surface area contributed by atoms with Gasteiger partial charge in [0.05, 0.1) is 16.1 Å². The first-order valence-corrected chi connectivity index (χ1v) is 6.72. The molecule has 0 fully saturated rings. The number of thiophene rings is 1. The van der Waals surface area contributed by atoms with Gasteiger partial charge in [-0.1, -0.05) is 17.7 Å². The van der Waals surface area contributed by atoms with E-state index >= 15 is 0 Å². The van der Waals surface area contributed by atoms with Crippen molar-refractivity contribution in [3.8, 4) is 10.6 Å². The standard InChI is InChI=1S/C14H8ClNO2S/c15-10-2-1-3-12-9(10)7-13(19-12)11-6-8(14(17)18)4-5-16-11/h1-7H,(H,17,18). The van der Waals surface area contributed by atoms with Crippen molar-refractivity contribution in [2.45, 2.75) is 0 Å². The van der Waals surface area contributed by atoms with Crippen LogP contribution in [0.3, 0.4) is 0 Å². The molecule has 0 bridgehead atoms. The summed E-state index contributed by atoms with van der Waals surface area (Å²) in [5.41, 5.74) is 0.880. The first-order valence-electron chi connectivity index (χ1n) is 5.53. The summed E-state index contributed by atoms with van der Waals surface area (Å²) < 4.78 is 1.06. The molecule has 0 amide bonds. The molecule has 5 heteroatoms. The molecule has 0 aliphatic carbocycles. The van der Waals surface area contributed by atoms with Gasteiger partial charge in [-0.2, -0.15) is 0 Å². The van der Waals surface area contributed by atoms with Gasteiger partial charge in [0.1, 0.15) is 0 Å². The van der Waals surface area contributed by atoms with E-state index in [0.717, 1.165) is 15.0 Å². The third-order valence-corrected chi connectivity index (χ3v) is 4.22. The summed E-state index contributed by atoms with van der Waals surface area (Å²) in [6, 6.07) is 10.7. The molecule has 0 unspecified atom stereocenters. The molecule has 1 N–H and O–H groups in total. The number of nitrogens with zero attached hydrogens (tertiary/aromatic N) is 1. The molecule has 3 aromatic rings. The maximum absolute atomic E-state index is 11.0. The van der Waals surface area contributed by atoms with Gasteiger partial charge in [-0.15, -0.1) is 11.3 Å². The molecule has 0 saturated heterocycles. The SMILES string of the molecule is O=C(O)c1ccnc(-c2cc3c(Cl)cccc3s2)c1. The summed E-state index contributed by atoms with van der Waals surface area (Å²) in [6.07, 6.45) is 1.50. The smallest absolute Gasteiger partial charge is 0.335 e. The summed E-state index contributed by atoms with van der Waals surface area (Å²) >= 11 is 7.68. The highest BCUT2D eigenvalue weighted by molar-refractivity contribution is 7.22. The van der Waals surface area contributed by atoms with Crippen molar-refractivity contribution in [1.82, 2.24) is 4.98 Å². The molecule has 94 valence electrons. The number of fused-ring (bicyclic) bond motifs is 1. The van der Waals surface area contributed by atoms with Gasteiger partial charge >= 0.3 is 5.97 Å². The predicted molar refractivity (Wildman–Crippen MR) is 77.0 cm³/mol. The van der Waals surface area contributed by atoms with E-state index in [0.29, 0.717) is 10.7 Å². The maximum atomic E-state index is 11.0. The van der Waals surface area contributed by atoms with Gasteiger partial charge in [0.2, 0.25) is 0 Å². The summed E-state index contributed by atoms with van der Waals surface area (Å²) in [7, 11) is 0. The zero-order chi connectivity index (χ0) is 13.4. The van der Waals surface area contributed by atoms with Crippen LogP contribution in [-0.4, -0.2) is 16.1 Å². The summed E-state index contributed by atoms with van der Waals surface area (Å²) in [5.74, 6) is -0.956. The van der Waals surface area contributed by atoms with Crippen LogP contribution in [0.1, 0.15) is 10.4 Å². The van der Waals surface area contributed by atoms with Crippen molar-refractivity contribution in [2.24, 2.45) is 0 Å². The Balaban J connectivity index is 2.16. The average Bonchev–Trinajstić information content (AvgIpc) is 2.84. The van der Waals surface area contributed by atoms with Crippen molar-refractivity contribution in [3.05, 3.63) is 53.2 Å². The van der Waals surface area contributed by atoms with Crippen molar-refractivity contribution in [3.63, 3.8) is 0 Å². The third-order valence-electron chi connectivity index (χ3n) is 2.77. The Morgan fingerprint density at radius 2 is 2.11 bits per heavy atom. The molecule has 2 aromatic heterocycles. The molecule has 1 aromatic carbocycles. The molecule has 0 aliphatic rings. The molecule has 3 nitrogen and oxygen atoms in total. The normalized spacial score (nSPS) is 10.8. The van der Waals surface area contributed by atoms with E-state index in [2.05, 4.69) is 4.98 Å². The number of aromatic carboxylic acids is 1. The van der Waals surface area contributed by atoms with Gasteiger partial charge in [0.15, 0.2) is 0 Å². The zero-order valence-corrected chi connectivity index (χ0v) is 11.2. The van der Waals surface area contributed by atoms with E-state index in [1.54, 1.807) is 17.4 Å². The van der Waals surface area contributed by atoms with E-state index in [4.69, 9.17) is 16.7 Å². The summed E-state index contributed by atoms with van der Waals surface area (Å²) in [6.45, 7) is 0. The minimum Gasteiger partial charge on any atom is -0.478 e. The van der Waals surface area contributed by atoms with Gasteiger partial charge < -0.3 is 5.11 Å². The maximum Gasteiger partial charge on any atom is 0.335 e. The number of hydrogen-bond donors (Lipinski definition) is 1. The Bertz CT molecular complexity index is 782. The number of hydrogen-bond acceptors (Lipinski definition) is 3. The Morgan fingerprint density at radius 1 is 1.26 bits per heavy atom. The quantitative estimate of drug-likeness (QED) is 0.764. The fraction of sp³-hybridized carbons (Fsp3) is 0. The minimum atomic E-state index is -0.956. The average molecular weight is 290 g/mol. The van der Waals surface area contributed by atoms with Gasteiger partial charge in [0, 0.05) is 21.3 Å². The third kappa shape index (κ3) is 2.20. The largest absolute Gasteiger partial charge is 0.478 e. The molecule has 0 radical (unpaired) electrons. The van der Waals surface area contributed by atoms with Crippen LogP contribution in [0.4, 0.5) is 0 Å². The lowest BCUT2D eigenvalue weighted by atomic mass is 10.2. The topological polar surface area (TPSA) is 50.2 Å². The number of aromatic nitrogens is 1. The minimum absolute atomic E-state index is 0.230. The van der Waals surface area contributed by atoms with Gasteiger partial charge in [-0.25, -0.2) is 4.79 Å². The molecule has 2 heterocycles. The number of carbonyl (C=O) groups is 1. The van der Waals surface area contributed by atoms with Crippen LogP contribution in [-0.2, 0) is 0 Å². The predicted octanol–water partition coefficient (Wildman–Crippen LogP) is 4.31. The van der Waals surface area contributed by atoms with E-state index in [1.165, 1.54) is 12.3 Å². The number of halogens is 1. The summed E-state index contributed by atoms with van der Waals surface area (Å²) in [4.78, 5) is 16.1. The van der Waals surface area contributed by atoms with Crippen molar-refractivity contribution in [2.75, 3.05) is 0 Å². The summed E-state index contributed by atoms with van der Waals surface area (Å²) in [5, 5.41) is 10.6. The monoisotopic (exact) mass is 289 g/mol. The van der Waals surface area contributed by atoms with Crippen molar-refractivity contribution in [1.29, 1.82) is 0 Å². The lowest BCUT2D eigenvalue weighted by molar-refractivity contribution is 0.0697. The lowest BCUT2D eigenvalue weighted by Gasteiger charge is -1.97. The molecule has 0 atom stereocenters. The Morgan fingerprint density at radius 3 is 2.84 bits per heavy atom. The number of benzene rings is 1. The van der Waals surface area contributed by atoms with Gasteiger partial charge in [0.25, 0.3) is 0 Å². The molecule has 0 spiro atoms. The van der Waals surface area contributed by atoms with E-state index in [1.807, 2.05) is 24.3 Å². The number of pyridine rings is 1. The van der Waals surface area contributed by atoms with E-state index in [9.17, 15) is 4.79 Å². The van der Waals surface area contributed by atoms with E-state index in [-0.39, 0.29) is 5.56 Å². The van der Waals surface area contributed by atoms with Crippen molar-refractivity contribution >= 4 is 39.0 Å². The Hall–Kier alpha value is -1.91. The fourth-order valence-electron chi connectivity index (χ4n) is 1.85. The Labute approximate surface area is 118 Å². The number of carboxylic acids is 1. The first-order chi connectivity index (χ1) is 9.15. The number of rotatable bonds is 2. The Kier molecular flexibility index (Phi) is 2.97. The van der Waals surface area contributed by atoms with Crippen LogP contribution in [0.2, 0.25) is 5.02 Å². The lowest BCUT2D eigenvalue weighted by Crippen LogP contribution is -1.96. The van der Waals surface area contributed by atoms with Crippen LogP contribution in [0, 0.1) is 0 Å². The fourth-order valence-corrected chi connectivity index (χ4v) is 3.19. The van der Waals surface area contributed by atoms with Crippen molar-refractivity contribution < 1.29 is 9.90 Å². The highest BCUT2D eigenvalue weighted by atomic mass is 35.5. The first kappa shape index (κ1) is 12.1. The van der Waals surface area contributed by atoms with Crippen LogP contribution < -0.4 is 0 Å². The van der Waals surface area contributed by atoms with E-state index < -0.39 is 5.97 Å². The van der Waals surface area contributed by atoms with Gasteiger partial charge in [-0.3, -0.25) is 4.98 Å².